The van der Waals surface area contributed by atoms with Gasteiger partial charge in [0.15, 0.2) is 0 Å². The van der Waals surface area contributed by atoms with Crippen molar-refractivity contribution in [2.75, 3.05) is 20.6 Å². The van der Waals surface area contributed by atoms with E-state index in [9.17, 15) is 9.59 Å². The number of carboxylic acids is 1. The number of rotatable bonds is 8. The summed E-state index contributed by atoms with van der Waals surface area (Å²) in [5.41, 5.74) is 0. The molecule has 5 heteroatoms. The Morgan fingerprint density at radius 3 is 2.44 bits per heavy atom. The number of hydrogen-bond acceptors (Lipinski definition) is 3. The van der Waals surface area contributed by atoms with Crippen molar-refractivity contribution in [2.24, 2.45) is 0 Å². The van der Waals surface area contributed by atoms with E-state index in [4.69, 9.17) is 5.11 Å². The molecule has 0 aliphatic carbocycles. The molecular formula is C11H22N2O3. The largest absolute Gasteiger partial charge is 0.481 e. The van der Waals surface area contributed by atoms with E-state index in [0.717, 1.165) is 19.3 Å². The number of carboxylic acid groups (broad SMARTS) is 1. The van der Waals surface area contributed by atoms with E-state index in [0.29, 0.717) is 0 Å². The molecule has 0 saturated carbocycles. The second-order valence-electron chi connectivity index (χ2n) is 4.06. The van der Waals surface area contributed by atoms with Crippen LogP contribution in [0.1, 0.15) is 32.6 Å². The zero-order chi connectivity index (χ0) is 12.6. The van der Waals surface area contributed by atoms with Crippen molar-refractivity contribution in [1.29, 1.82) is 0 Å². The number of nitrogens with one attached hydrogen (secondary N) is 1. The van der Waals surface area contributed by atoms with E-state index in [1.807, 2.05) is 19.0 Å². The summed E-state index contributed by atoms with van der Waals surface area (Å²) in [6.07, 6.45) is 2.82. The molecule has 2 N–H and O–H groups in total. The number of carbonyl (C=O) groups is 2. The first-order valence-electron chi connectivity index (χ1n) is 5.65. The summed E-state index contributed by atoms with van der Waals surface area (Å²) in [6, 6.07) is -0.159. The number of carbonyl (C=O) groups excluding carboxylic acids is 1. The van der Waals surface area contributed by atoms with Crippen LogP contribution in [0.4, 0.5) is 0 Å². The number of aliphatic carboxylic acids is 1. The van der Waals surface area contributed by atoms with E-state index < -0.39 is 5.97 Å². The quantitative estimate of drug-likeness (QED) is 0.605. The molecule has 0 fully saturated rings. The van der Waals surface area contributed by atoms with Crippen LogP contribution in [0.15, 0.2) is 0 Å². The van der Waals surface area contributed by atoms with Gasteiger partial charge < -0.3 is 10.4 Å². The molecular weight excluding hydrogens is 211 g/mol. The van der Waals surface area contributed by atoms with E-state index >= 15 is 0 Å². The molecule has 1 unspecified atom stereocenters. The van der Waals surface area contributed by atoms with Gasteiger partial charge in [0.25, 0.3) is 0 Å². The average Bonchev–Trinajstić information content (AvgIpc) is 2.17. The fourth-order valence-electron chi connectivity index (χ4n) is 1.43. The lowest BCUT2D eigenvalue weighted by atomic mass is 10.1. The molecule has 0 radical (unpaired) electrons. The maximum Gasteiger partial charge on any atom is 0.305 e. The van der Waals surface area contributed by atoms with Crippen LogP contribution < -0.4 is 5.32 Å². The lowest BCUT2D eigenvalue weighted by molar-refractivity contribution is -0.137. The van der Waals surface area contributed by atoms with Crippen molar-refractivity contribution in [2.45, 2.75) is 38.6 Å². The van der Waals surface area contributed by atoms with Crippen molar-refractivity contribution in [1.82, 2.24) is 10.2 Å². The van der Waals surface area contributed by atoms with Crippen molar-refractivity contribution >= 4 is 11.9 Å². The average molecular weight is 233 g/mol. The standard InChI is InChI=1S/C11H22N2O3/c1-4-5-6-9(13(2)3)11(16)12-8-7-10(14)15/h9H,4-8H2,1-3H3,(H,12,16)(H,14,15)/i1+1,4+1,8+1. The van der Waals surface area contributed by atoms with Crippen LogP contribution in [0, 0.1) is 0 Å². The van der Waals surface area contributed by atoms with Crippen LogP contribution in [0.25, 0.3) is 0 Å². The predicted octanol–water partition coefficient (Wildman–Crippen LogP) is 0.698. The molecule has 0 aromatic rings. The molecule has 1 amide bonds. The highest BCUT2D eigenvalue weighted by Crippen LogP contribution is 2.05. The van der Waals surface area contributed by atoms with Crippen molar-refractivity contribution in [3.05, 3.63) is 0 Å². The number of hydrogen-bond donors (Lipinski definition) is 2. The molecule has 0 aromatic carbocycles. The first kappa shape index (κ1) is 14.9. The van der Waals surface area contributed by atoms with Gasteiger partial charge in [0.1, 0.15) is 0 Å². The van der Waals surface area contributed by atoms with Gasteiger partial charge in [-0.3, -0.25) is 14.5 Å². The van der Waals surface area contributed by atoms with Crippen LogP contribution in [0.5, 0.6) is 0 Å². The van der Waals surface area contributed by atoms with Crippen LogP contribution in [0.2, 0.25) is 0 Å². The Balaban J connectivity index is 4.01. The number of unbranched alkanes of at least 4 members (excludes halogenated alkanes) is 1. The Hall–Kier alpha value is -1.10. The Labute approximate surface area is 96.8 Å². The van der Waals surface area contributed by atoms with Crippen molar-refractivity contribution in [3.63, 3.8) is 0 Å². The fourth-order valence-corrected chi connectivity index (χ4v) is 1.43. The Morgan fingerprint density at radius 1 is 1.38 bits per heavy atom. The van der Waals surface area contributed by atoms with Crippen molar-refractivity contribution < 1.29 is 14.7 Å². The third-order valence-electron chi connectivity index (χ3n) is 2.40. The molecule has 0 bridgehead atoms. The fraction of sp³-hybridized carbons (Fsp3) is 0.818. The Kier molecular flexibility index (Phi) is 7.54. The summed E-state index contributed by atoms with van der Waals surface area (Å²) in [5, 5.41) is 11.1. The van der Waals surface area contributed by atoms with Gasteiger partial charge in [-0.15, -0.1) is 0 Å². The van der Waals surface area contributed by atoms with E-state index in [-0.39, 0.29) is 24.9 Å². The summed E-state index contributed by atoms with van der Waals surface area (Å²) in [5.74, 6) is -0.977. The van der Waals surface area contributed by atoms with E-state index in [2.05, 4.69) is 12.2 Å². The molecule has 0 aliphatic rings. The lowest BCUT2D eigenvalue weighted by Crippen LogP contribution is -2.44. The van der Waals surface area contributed by atoms with Gasteiger partial charge in [0, 0.05) is 6.54 Å². The molecule has 0 aliphatic heterocycles. The van der Waals surface area contributed by atoms with Crippen LogP contribution >= 0.6 is 0 Å². The zero-order valence-electron chi connectivity index (χ0n) is 10.3. The minimum atomic E-state index is -0.893. The third kappa shape index (κ3) is 6.40. The molecule has 0 heterocycles. The van der Waals surface area contributed by atoms with Gasteiger partial charge in [-0.2, -0.15) is 0 Å². The Morgan fingerprint density at radius 2 is 2.00 bits per heavy atom. The minimum Gasteiger partial charge on any atom is -0.481 e. The highest BCUT2D eigenvalue weighted by Gasteiger charge is 2.19. The summed E-state index contributed by atoms with van der Waals surface area (Å²) in [4.78, 5) is 23.9. The van der Waals surface area contributed by atoms with E-state index in [1.54, 1.807) is 0 Å². The van der Waals surface area contributed by atoms with Gasteiger partial charge in [-0.1, -0.05) is 19.8 Å². The molecule has 0 aromatic heterocycles. The first-order chi connectivity index (χ1) is 7.49. The predicted molar refractivity (Wildman–Crippen MR) is 62.3 cm³/mol. The summed E-state index contributed by atoms with van der Waals surface area (Å²) < 4.78 is 0. The molecule has 94 valence electrons. The molecule has 1 atom stereocenters. The number of amides is 1. The van der Waals surface area contributed by atoms with Crippen LogP contribution in [-0.2, 0) is 9.59 Å². The molecule has 0 rings (SSSR count). The zero-order valence-corrected chi connectivity index (χ0v) is 10.3. The van der Waals surface area contributed by atoms with Crippen LogP contribution in [0.3, 0.4) is 0 Å². The van der Waals surface area contributed by atoms with E-state index in [1.165, 1.54) is 0 Å². The summed E-state index contributed by atoms with van der Waals surface area (Å²) in [7, 11) is 3.72. The van der Waals surface area contributed by atoms with Crippen LogP contribution in [-0.4, -0.2) is 48.6 Å². The first-order valence-corrected chi connectivity index (χ1v) is 5.65. The van der Waals surface area contributed by atoms with Gasteiger partial charge in [0.05, 0.1) is 12.5 Å². The highest BCUT2D eigenvalue weighted by molar-refractivity contribution is 5.82. The minimum absolute atomic E-state index is 0.0281. The normalized spacial score (nSPS) is 12.5. The second kappa shape index (κ2) is 8.10. The van der Waals surface area contributed by atoms with Gasteiger partial charge in [-0.05, 0) is 20.5 Å². The molecule has 5 nitrogen and oxygen atoms in total. The number of likely N-dealkylation sites (N-methyl/N-ethyl adjacent to an activating group) is 1. The molecule has 0 saturated heterocycles. The maximum absolute atomic E-state index is 11.7. The summed E-state index contributed by atoms with van der Waals surface area (Å²) >= 11 is 0. The molecule has 16 heavy (non-hydrogen) atoms. The highest BCUT2D eigenvalue weighted by atomic mass is 16.4. The Bertz CT molecular complexity index is 229. The summed E-state index contributed by atoms with van der Waals surface area (Å²) in [6.45, 7) is 2.28. The van der Waals surface area contributed by atoms with Gasteiger partial charge in [0.2, 0.25) is 5.91 Å². The van der Waals surface area contributed by atoms with Gasteiger partial charge in [-0.25, -0.2) is 0 Å². The third-order valence-corrected chi connectivity index (χ3v) is 2.40. The number of nitrogens with zero attached hydrogens (tertiary/aromatic N) is 1. The molecule has 0 spiro atoms. The maximum atomic E-state index is 11.7. The topological polar surface area (TPSA) is 69.6 Å². The lowest BCUT2D eigenvalue weighted by Gasteiger charge is -2.23. The second-order valence-corrected chi connectivity index (χ2v) is 4.06. The monoisotopic (exact) mass is 233 g/mol. The smallest absolute Gasteiger partial charge is 0.305 e. The van der Waals surface area contributed by atoms with Crippen molar-refractivity contribution in [3.8, 4) is 0 Å². The van der Waals surface area contributed by atoms with Gasteiger partial charge >= 0.3 is 5.97 Å². The SMILES string of the molecule is CN(C)C(CC[13CH2][13CH3])C(=O)N[13CH2]CC(=O)O.